The average Bonchev–Trinajstić information content (AvgIpc) is 2.75. The highest BCUT2D eigenvalue weighted by Crippen LogP contribution is 2.20. The number of imidazole rings is 1. The van der Waals surface area contributed by atoms with Gasteiger partial charge in [-0.15, -0.1) is 0 Å². The van der Waals surface area contributed by atoms with E-state index in [-0.39, 0.29) is 6.54 Å². The summed E-state index contributed by atoms with van der Waals surface area (Å²) in [5, 5.41) is 0. The molecule has 0 spiro atoms. The number of rotatable bonds is 4. The SMILES string of the molecule is Cc1nccn1CC(N)(C(N)=O)c1ccccc1. The van der Waals surface area contributed by atoms with E-state index in [1.807, 2.05) is 29.7 Å². The van der Waals surface area contributed by atoms with Gasteiger partial charge in [0, 0.05) is 12.4 Å². The molecule has 0 bridgehead atoms. The number of carbonyl (C=O) groups is 1. The smallest absolute Gasteiger partial charge is 0.243 e. The lowest BCUT2D eigenvalue weighted by Crippen LogP contribution is -2.52. The molecule has 0 radical (unpaired) electrons. The maximum Gasteiger partial charge on any atom is 0.243 e. The standard InChI is InChI=1S/C13H16N4O/c1-10-16-7-8-17(10)9-13(15,12(14)18)11-5-3-2-4-6-11/h2-8H,9,15H2,1H3,(H2,14,18). The molecule has 0 aliphatic heterocycles. The summed E-state index contributed by atoms with van der Waals surface area (Å²) < 4.78 is 1.82. The van der Waals surface area contributed by atoms with E-state index in [9.17, 15) is 4.79 Å². The Bertz CT molecular complexity index is 549. The van der Waals surface area contributed by atoms with Crippen LogP contribution in [-0.2, 0) is 16.9 Å². The molecular weight excluding hydrogens is 228 g/mol. The highest BCUT2D eigenvalue weighted by molar-refractivity contribution is 5.85. The van der Waals surface area contributed by atoms with Crippen molar-refractivity contribution in [1.29, 1.82) is 0 Å². The van der Waals surface area contributed by atoms with Crippen molar-refractivity contribution in [1.82, 2.24) is 9.55 Å². The number of amides is 1. The van der Waals surface area contributed by atoms with E-state index in [4.69, 9.17) is 11.5 Å². The summed E-state index contributed by atoms with van der Waals surface area (Å²) in [5.41, 5.74) is 11.1. The maximum atomic E-state index is 11.7. The third kappa shape index (κ3) is 2.12. The molecule has 1 heterocycles. The molecule has 2 rings (SSSR count). The summed E-state index contributed by atoms with van der Waals surface area (Å²) in [4.78, 5) is 15.8. The maximum absolute atomic E-state index is 11.7. The molecule has 4 N–H and O–H groups in total. The van der Waals surface area contributed by atoms with Crippen molar-refractivity contribution in [2.75, 3.05) is 0 Å². The van der Waals surface area contributed by atoms with Crippen LogP contribution in [0.2, 0.25) is 0 Å². The molecule has 0 aliphatic carbocycles. The molecule has 0 fully saturated rings. The normalized spacial score (nSPS) is 14.1. The Hall–Kier alpha value is -2.14. The summed E-state index contributed by atoms with van der Waals surface area (Å²) in [7, 11) is 0. The largest absolute Gasteiger partial charge is 0.368 e. The summed E-state index contributed by atoms with van der Waals surface area (Å²) in [6.07, 6.45) is 3.45. The summed E-state index contributed by atoms with van der Waals surface area (Å²) in [6, 6.07) is 9.14. The van der Waals surface area contributed by atoms with Crippen molar-refractivity contribution in [2.24, 2.45) is 11.5 Å². The summed E-state index contributed by atoms with van der Waals surface area (Å²) in [5.74, 6) is 0.240. The zero-order valence-corrected chi connectivity index (χ0v) is 10.2. The van der Waals surface area contributed by atoms with E-state index in [2.05, 4.69) is 4.98 Å². The van der Waals surface area contributed by atoms with Crippen LogP contribution in [0.3, 0.4) is 0 Å². The Morgan fingerprint density at radius 3 is 2.56 bits per heavy atom. The highest BCUT2D eigenvalue weighted by Gasteiger charge is 2.34. The molecule has 1 aromatic heterocycles. The number of aromatic nitrogens is 2. The minimum atomic E-state index is -1.23. The number of primary amides is 1. The number of nitrogens with zero attached hydrogens (tertiary/aromatic N) is 2. The second kappa shape index (κ2) is 4.62. The van der Waals surface area contributed by atoms with Gasteiger partial charge in [0.05, 0.1) is 6.54 Å². The van der Waals surface area contributed by atoms with E-state index in [1.165, 1.54) is 0 Å². The van der Waals surface area contributed by atoms with Gasteiger partial charge in [-0.1, -0.05) is 30.3 Å². The van der Waals surface area contributed by atoms with Gasteiger partial charge in [-0.05, 0) is 12.5 Å². The molecule has 0 saturated heterocycles. The number of hydrogen-bond acceptors (Lipinski definition) is 3. The second-order valence-electron chi connectivity index (χ2n) is 4.30. The molecule has 1 atom stereocenters. The van der Waals surface area contributed by atoms with Gasteiger partial charge in [0.15, 0.2) is 0 Å². The molecule has 0 saturated carbocycles. The van der Waals surface area contributed by atoms with Crippen molar-refractivity contribution in [3.63, 3.8) is 0 Å². The number of aryl methyl sites for hydroxylation is 1. The second-order valence-corrected chi connectivity index (χ2v) is 4.30. The predicted molar refractivity (Wildman–Crippen MR) is 68.5 cm³/mol. The highest BCUT2D eigenvalue weighted by atomic mass is 16.1. The van der Waals surface area contributed by atoms with Crippen LogP contribution in [0.25, 0.3) is 0 Å². The third-order valence-electron chi connectivity index (χ3n) is 3.07. The molecule has 5 heteroatoms. The number of nitrogens with two attached hydrogens (primary N) is 2. The van der Waals surface area contributed by atoms with Crippen LogP contribution in [0, 0.1) is 6.92 Å². The van der Waals surface area contributed by atoms with Gasteiger partial charge >= 0.3 is 0 Å². The molecule has 1 unspecified atom stereocenters. The van der Waals surface area contributed by atoms with Gasteiger partial charge in [-0.3, -0.25) is 4.79 Å². The molecule has 0 aliphatic rings. The number of benzene rings is 1. The average molecular weight is 244 g/mol. The Morgan fingerprint density at radius 2 is 2.06 bits per heavy atom. The zero-order chi connectivity index (χ0) is 13.2. The van der Waals surface area contributed by atoms with Gasteiger partial charge in [-0.25, -0.2) is 4.98 Å². The first-order valence-corrected chi connectivity index (χ1v) is 5.66. The molecule has 2 aromatic rings. The molecular formula is C13H16N4O. The molecule has 94 valence electrons. The Kier molecular flexibility index (Phi) is 3.16. The molecule has 1 amide bonds. The third-order valence-corrected chi connectivity index (χ3v) is 3.07. The van der Waals surface area contributed by atoms with Crippen LogP contribution >= 0.6 is 0 Å². The van der Waals surface area contributed by atoms with E-state index in [0.717, 1.165) is 5.82 Å². The van der Waals surface area contributed by atoms with E-state index < -0.39 is 11.4 Å². The number of carbonyl (C=O) groups excluding carboxylic acids is 1. The lowest BCUT2D eigenvalue weighted by atomic mass is 9.90. The van der Waals surface area contributed by atoms with Crippen LogP contribution in [0.15, 0.2) is 42.7 Å². The number of hydrogen-bond donors (Lipinski definition) is 2. The summed E-state index contributed by atoms with van der Waals surface area (Å²) >= 11 is 0. The first-order valence-electron chi connectivity index (χ1n) is 5.66. The lowest BCUT2D eigenvalue weighted by Gasteiger charge is -2.27. The van der Waals surface area contributed by atoms with Gasteiger partial charge in [0.25, 0.3) is 0 Å². The fraction of sp³-hybridized carbons (Fsp3) is 0.231. The molecule has 1 aromatic carbocycles. The van der Waals surface area contributed by atoms with Gasteiger partial charge in [0.2, 0.25) is 5.91 Å². The van der Waals surface area contributed by atoms with Crippen LogP contribution < -0.4 is 11.5 Å². The molecule has 18 heavy (non-hydrogen) atoms. The van der Waals surface area contributed by atoms with Crippen molar-refractivity contribution in [2.45, 2.75) is 19.0 Å². The molecule has 5 nitrogen and oxygen atoms in total. The van der Waals surface area contributed by atoms with Crippen molar-refractivity contribution < 1.29 is 4.79 Å². The fourth-order valence-corrected chi connectivity index (χ4v) is 1.89. The van der Waals surface area contributed by atoms with E-state index in [1.54, 1.807) is 24.5 Å². The topological polar surface area (TPSA) is 86.9 Å². The van der Waals surface area contributed by atoms with E-state index >= 15 is 0 Å². The van der Waals surface area contributed by atoms with Crippen LogP contribution in [-0.4, -0.2) is 15.5 Å². The van der Waals surface area contributed by atoms with Crippen LogP contribution in [0.5, 0.6) is 0 Å². The van der Waals surface area contributed by atoms with Gasteiger partial charge in [-0.2, -0.15) is 0 Å². The first-order chi connectivity index (χ1) is 8.54. The Labute approximate surface area is 105 Å². The minimum Gasteiger partial charge on any atom is -0.368 e. The van der Waals surface area contributed by atoms with Gasteiger partial charge < -0.3 is 16.0 Å². The zero-order valence-electron chi connectivity index (χ0n) is 10.2. The predicted octanol–water partition coefficient (Wildman–Crippen LogP) is 0.531. The van der Waals surface area contributed by atoms with Crippen LogP contribution in [0.4, 0.5) is 0 Å². The Balaban J connectivity index is 2.40. The van der Waals surface area contributed by atoms with Crippen molar-refractivity contribution in [3.8, 4) is 0 Å². The fourth-order valence-electron chi connectivity index (χ4n) is 1.89. The first kappa shape index (κ1) is 12.3. The monoisotopic (exact) mass is 244 g/mol. The van der Waals surface area contributed by atoms with Crippen LogP contribution in [0.1, 0.15) is 11.4 Å². The van der Waals surface area contributed by atoms with Crippen molar-refractivity contribution >= 4 is 5.91 Å². The Morgan fingerprint density at radius 1 is 1.39 bits per heavy atom. The lowest BCUT2D eigenvalue weighted by molar-refractivity contribution is -0.124. The van der Waals surface area contributed by atoms with E-state index in [0.29, 0.717) is 5.56 Å². The summed E-state index contributed by atoms with van der Waals surface area (Å²) in [6.45, 7) is 2.13. The quantitative estimate of drug-likeness (QED) is 0.822. The minimum absolute atomic E-state index is 0.276. The van der Waals surface area contributed by atoms with Crippen molar-refractivity contribution in [3.05, 3.63) is 54.1 Å². The van der Waals surface area contributed by atoms with Gasteiger partial charge in [0.1, 0.15) is 11.4 Å².